The molecule has 0 aliphatic rings. The maximum atomic E-state index is 2.47. The number of hydrogen-bond donors (Lipinski definition) is 0. The fourth-order valence-electron chi connectivity index (χ4n) is 9.20. The van der Waals surface area contributed by atoms with Crippen molar-refractivity contribution >= 4 is 103 Å². The van der Waals surface area contributed by atoms with E-state index in [1.54, 1.807) is 0 Å². The van der Waals surface area contributed by atoms with Crippen LogP contribution in [-0.2, 0) is 0 Å². The average Bonchev–Trinajstić information content (AvgIpc) is 3.82. The first kappa shape index (κ1) is 32.1. The molecular formula is C54H34N2S. The molecule has 57 heavy (non-hydrogen) atoms. The molecule has 0 radical (unpaired) electrons. The van der Waals surface area contributed by atoms with Crippen LogP contribution in [0.3, 0.4) is 0 Å². The summed E-state index contributed by atoms with van der Waals surface area (Å²) >= 11 is 1.88. The third kappa shape index (κ3) is 4.96. The second kappa shape index (κ2) is 12.7. The molecule has 0 saturated heterocycles. The molecule has 0 aliphatic carbocycles. The Morgan fingerprint density at radius 1 is 0.351 bits per heavy atom. The highest BCUT2D eigenvalue weighted by molar-refractivity contribution is 7.26. The molecule has 0 N–H and O–H groups in total. The van der Waals surface area contributed by atoms with Gasteiger partial charge in [-0.05, 0) is 81.7 Å². The highest BCUT2D eigenvalue weighted by Crippen LogP contribution is 2.47. The fraction of sp³-hybridized carbons (Fsp3) is 0. The van der Waals surface area contributed by atoms with Crippen LogP contribution in [0.4, 0.5) is 17.1 Å². The van der Waals surface area contributed by atoms with Gasteiger partial charge in [-0.25, -0.2) is 0 Å². The van der Waals surface area contributed by atoms with Gasteiger partial charge in [0.05, 0.1) is 28.1 Å². The first-order chi connectivity index (χ1) is 28.3. The van der Waals surface area contributed by atoms with Crippen LogP contribution in [0.2, 0.25) is 0 Å². The molecule has 0 spiro atoms. The highest BCUT2D eigenvalue weighted by Gasteiger charge is 2.22. The molecule has 266 valence electrons. The Hall–Kier alpha value is -7.20. The Bertz CT molecular complexity index is 3460. The third-order valence-corrected chi connectivity index (χ3v) is 12.9. The topological polar surface area (TPSA) is 8.17 Å². The molecule has 2 nitrogen and oxygen atoms in total. The van der Waals surface area contributed by atoms with Crippen LogP contribution in [0, 0.1) is 0 Å². The van der Waals surface area contributed by atoms with Crippen LogP contribution in [0.15, 0.2) is 206 Å². The number of para-hydroxylation sites is 2. The van der Waals surface area contributed by atoms with Crippen molar-refractivity contribution in [2.75, 3.05) is 4.90 Å². The van der Waals surface area contributed by atoms with Crippen LogP contribution in [0.1, 0.15) is 0 Å². The number of rotatable bonds is 5. The quantitative estimate of drug-likeness (QED) is 0.170. The summed E-state index contributed by atoms with van der Waals surface area (Å²) < 4.78 is 5.10. The fourth-order valence-corrected chi connectivity index (χ4v) is 10.3. The molecule has 0 unspecified atom stereocenters. The van der Waals surface area contributed by atoms with Crippen LogP contribution in [-0.4, -0.2) is 4.57 Å². The van der Waals surface area contributed by atoms with Gasteiger partial charge in [0.2, 0.25) is 0 Å². The first-order valence-electron chi connectivity index (χ1n) is 19.5. The van der Waals surface area contributed by atoms with Gasteiger partial charge in [0.1, 0.15) is 0 Å². The largest absolute Gasteiger partial charge is 0.309 e. The molecule has 0 aliphatic heterocycles. The highest BCUT2D eigenvalue weighted by atomic mass is 32.1. The van der Waals surface area contributed by atoms with Crippen molar-refractivity contribution in [2.24, 2.45) is 0 Å². The summed E-state index contributed by atoms with van der Waals surface area (Å²) in [7, 11) is 0. The zero-order chi connectivity index (χ0) is 37.5. The van der Waals surface area contributed by atoms with Crippen molar-refractivity contribution in [2.45, 2.75) is 0 Å². The Balaban J connectivity index is 1.11. The van der Waals surface area contributed by atoms with Crippen molar-refractivity contribution in [3.8, 4) is 16.8 Å². The predicted octanol–water partition coefficient (Wildman–Crippen LogP) is 15.7. The van der Waals surface area contributed by atoms with E-state index in [1.807, 2.05) is 11.3 Å². The minimum Gasteiger partial charge on any atom is -0.309 e. The van der Waals surface area contributed by atoms with E-state index in [1.165, 1.54) is 91.1 Å². The lowest BCUT2D eigenvalue weighted by molar-refractivity contribution is 1.19. The molecule has 0 saturated carbocycles. The van der Waals surface area contributed by atoms with E-state index in [-0.39, 0.29) is 0 Å². The molecule has 10 aromatic carbocycles. The number of nitrogens with zero attached hydrogens (tertiary/aromatic N) is 2. The lowest BCUT2D eigenvalue weighted by atomic mass is 9.98. The summed E-state index contributed by atoms with van der Waals surface area (Å²) in [6.07, 6.45) is 0. The lowest BCUT2D eigenvalue weighted by Crippen LogP contribution is -2.12. The van der Waals surface area contributed by atoms with Crippen molar-refractivity contribution in [3.63, 3.8) is 0 Å². The van der Waals surface area contributed by atoms with Gasteiger partial charge in [-0.1, -0.05) is 152 Å². The van der Waals surface area contributed by atoms with Gasteiger partial charge in [0.15, 0.2) is 0 Å². The Morgan fingerprint density at radius 3 is 1.67 bits per heavy atom. The number of aromatic nitrogens is 1. The number of thiophene rings is 1. The van der Waals surface area contributed by atoms with Gasteiger partial charge < -0.3 is 9.47 Å². The van der Waals surface area contributed by atoms with E-state index >= 15 is 0 Å². The summed E-state index contributed by atoms with van der Waals surface area (Å²) in [5.74, 6) is 0. The molecule has 0 amide bonds. The second-order valence-electron chi connectivity index (χ2n) is 14.9. The molecule has 2 aromatic heterocycles. The molecule has 2 heterocycles. The standard InChI is InChI=1S/C54H34N2S/c1-4-18-40-35(13-1)16-11-25-48(40)56(49-26-12-17-36-14-2-5-19-41(36)49)47-23-9-7-20-42(47)38-27-30-45-44-22-8-10-24-50(44)55(51(45)33-38)39-29-32-52-46(34-39)54-43-21-6-3-15-37(43)28-31-53(54)57-52/h1-34H. The van der Waals surface area contributed by atoms with Crippen molar-refractivity contribution < 1.29 is 0 Å². The molecular weight excluding hydrogens is 709 g/mol. The van der Waals surface area contributed by atoms with E-state index in [2.05, 4.69) is 216 Å². The summed E-state index contributed by atoms with van der Waals surface area (Å²) in [4.78, 5) is 2.47. The van der Waals surface area contributed by atoms with Crippen LogP contribution in [0.25, 0.3) is 91.1 Å². The van der Waals surface area contributed by atoms with Crippen LogP contribution in [0.5, 0.6) is 0 Å². The van der Waals surface area contributed by atoms with Crippen molar-refractivity contribution in [1.82, 2.24) is 4.57 Å². The molecule has 12 aromatic rings. The van der Waals surface area contributed by atoms with Crippen LogP contribution >= 0.6 is 11.3 Å². The summed E-state index contributed by atoms with van der Waals surface area (Å²) in [5, 5.41) is 12.6. The van der Waals surface area contributed by atoms with Crippen molar-refractivity contribution in [3.05, 3.63) is 206 Å². The van der Waals surface area contributed by atoms with Gasteiger partial charge in [-0.2, -0.15) is 0 Å². The molecule has 3 heteroatoms. The van der Waals surface area contributed by atoms with Crippen molar-refractivity contribution in [1.29, 1.82) is 0 Å². The Labute approximate surface area is 333 Å². The SMILES string of the molecule is c1ccc(N(c2cccc3ccccc23)c2cccc3ccccc23)c(-c2ccc3c4ccccc4n(-c4ccc5sc6ccc7ccccc7c6c5c4)c3c2)c1. The zero-order valence-corrected chi connectivity index (χ0v) is 31.7. The average molecular weight is 743 g/mol. The minimum absolute atomic E-state index is 1.13. The van der Waals surface area contributed by atoms with Crippen LogP contribution < -0.4 is 4.90 Å². The molecule has 12 rings (SSSR count). The number of anilines is 3. The summed E-state index contributed by atoms with van der Waals surface area (Å²) in [5.41, 5.74) is 9.32. The molecule has 0 bridgehead atoms. The normalized spacial score (nSPS) is 11.9. The maximum absolute atomic E-state index is 2.47. The second-order valence-corrected chi connectivity index (χ2v) is 16.0. The van der Waals surface area contributed by atoms with E-state index in [4.69, 9.17) is 0 Å². The Kier molecular flexibility index (Phi) is 7.13. The van der Waals surface area contributed by atoms with E-state index < -0.39 is 0 Å². The number of hydrogen-bond acceptors (Lipinski definition) is 2. The number of fused-ring (bicyclic) bond motifs is 10. The monoisotopic (exact) mass is 742 g/mol. The van der Waals surface area contributed by atoms with E-state index in [9.17, 15) is 0 Å². The Morgan fingerprint density at radius 2 is 0.912 bits per heavy atom. The van der Waals surface area contributed by atoms with Gasteiger partial charge in [0, 0.05) is 53.0 Å². The van der Waals surface area contributed by atoms with Gasteiger partial charge in [-0.15, -0.1) is 11.3 Å². The minimum atomic E-state index is 1.13. The number of benzene rings is 10. The zero-order valence-electron chi connectivity index (χ0n) is 30.9. The van der Waals surface area contributed by atoms with Gasteiger partial charge >= 0.3 is 0 Å². The lowest BCUT2D eigenvalue weighted by Gasteiger charge is -2.30. The first-order valence-corrected chi connectivity index (χ1v) is 20.3. The smallest absolute Gasteiger partial charge is 0.0547 e. The van der Waals surface area contributed by atoms with E-state index in [0.29, 0.717) is 0 Å². The van der Waals surface area contributed by atoms with E-state index in [0.717, 1.165) is 17.1 Å². The summed E-state index contributed by atoms with van der Waals surface area (Å²) in [6.45, 7) is 0. The predicted molar refractivity (Wildman–Crippen MR) is 246 cm³/mol. The summed E-state index contributed by atoms with van der Waals surface area (Å²) in [6, 6.07) is 75.8. The van der Waals surface area contributed by atoms with Gasteiger partial charge in [0.25, 0.3) is 0 Å². The molecule has 0 atom stereocenters. The maximum Gasteiger partial charge on any atom is 0.0547 e. The van der Waals surface area contributed by atoms with Gasteiger partial charge in [-0.3, -0.25) is 0 Å². The third-order valence-electron chi connectivity index (χ3n) is 11.7. The molecule has 0 fully saturated rings.